The zero-order chi connectivity index (χ0) is 94.0. The summed E-state index contributed by atoms with van der Waals surface area (Å²) in [4.78, 5) is 226. The number of primary amides is 2. The average Bonchev–Trinajstić information content (AvgIpc) is 0.984. The van der Waals surface area contributed by atoms with Crippen LogP contribution in [0.4, 0.5) is 0 Å². The molecular formula is C83H145N19O22. The molecule has 0 unspecified atom stereocenters. The fourth-order valence-corrected chi connectivity index (χ4v) is 13.7. The van der Waals surface area contributed by atoms with Gasteiger partial charge in [-0.25, -0.2) is 4.98 Å². The number of aliphatic carboxylic acids is 2. The van der Waals surface area contributed by atoms with Crippen LogP contribution < -0.4 is 77.8 Å². The molecule has 29 N–H and O–H groups in total. The SMILES string of the molecule is CCCCCCCCCCCCCCCC(=O)N[C@@H](CC(C)C)C(=O)C[C@@H](CCC(=O)O)C(=O)N[C@@H](CCCN=C(N)N)C(=O)C[C@@H](Cc1cnc[nH]1)C(=O)NC.C[C@@H](CCCN=C(N)N)C(=O)C[C@@H](CCC(N)=O)C(=O)N[C@H](C(=O)C[C@@H](CCCN=C(N)N)C(=O)N[C@@H](CO)C(=O)C[C@@H](CO)C(=O)N[C@H](C(=O)C[C@@H](CCC(=O)O)C(N)=O)[C@@H](C)O)[C@@H](C)O. The quantitative estimate of drug-likeness (QED) is 0.0234. The number of unbranched alkanes of at least 4 members (excludes halogenated alkanes) is 12. The van der Waals surface area contributed by atoms with Crippen molar-refractivity contribution in [2.24, 2.45) is 108 Å². The highest BCUT2D eigenvalue weighted by atomic mass is 16.4. The fourth-order valence-electron chi connectivity index (χ4n) is 13.7. The van der Waals surface area contributed by atoms with Crippen LogP contribution in [0.2, 0.25) is 0 Å². The van der Waals surface area contributed by atoms with Gasteiger partial charge in [-0.05, 0) is 90.4 Å². The van der Waals surface area contributed by atoms with Gasteiger partial charge >= 0.3 is 11.9 Å². The van der Waals surface area contributed by atoms with E-state index in [2.05, 4.69) is 63.8 Å². The van der Waals surface area contributed by atoms with E-state index in [1.54, 1.807) is 13.1 Å². The van der Waals surface area contributed by atoms with Crippen molar-refractivity contribution < 1.29 is 107 Å². The largest absolute Gasteiger partial charge is 0.481 e. The van der Waals surface area contributed by atoms with Gasteiger partial charge in [-0.1, -0.05) is 105 Å². The molecule has 704 valence electrons. The molecule has 0 saturated carbocycles. The number of carboxylic acid groups (broad SMARTS) is 2. The lowest BCUT2D eigenvalue weighted by Gasteiger charge is -2.27. The number of nitrogens with zero attached hydrogens (tertiary/aromatic N) is 4. The number of nitrogens with one attached hydrogen (secondary N) is 7. The van der Waals surface area contributed by atoms with Crippen molar-refractivity contribution in [2.75, 3.05) is 39.9 Å². The lowest BCUT2D eigenvalue weighted by atomic mass is 9.88. The third-order valence-corrected chi connectivity index (χ3v) is 21.0. The molecule has 8 amide bonds. The lowest BCUT2D eigenvalue weighted by molar-refractivity contribution is -0.139. The monoisotopic (exact) mass is 1760 g/mol. The maximum atomic E-state index is 13.8. The van der Waals surface area contributed by atoms with Crippen molar-refractivity contribution in [3.05, 3.63) is 18.2 Å². The number of H-pyrrole nitrogens is 1. The molecule has 0 aliphatic heterocycles. The van der Waals surface area contributed by atoms with Crippen LogP contribution in [-0.4, -0.2) is 235 Å². The number of nitrogens with two attached hydrogens (primary N) is 8. The van der Waals surface area contributed by atoms with E-state index in [9.17, 15) is 102 Å². The summed E-state index contributed by atoms with van der Waals surface area (Å²) in [6.45, 7) is 8.45. The van der Waals surface area contributed by atoms with E-state index in [1.165, 1.54) is 78.1 Å². The molecule has 41 nitrogen and oxygen atoms in total. The number of imidazole rings is 1. The van der Waals surface area contributed by atoms with Crippen LogP contribution in [0.3, 0.4) is 0 Å². The molecule has 0 bridgehead atoms. The first-order valence-corrected chi connectivity index (χ1v) is 43.1. The van der Waals surface area contributed by atoms with Crippen molar-refractivity contribution >= 4 is 112 Å². The predicted octanol–water partition coefficient (Wildman–Crippen LogP) is 0.112. The number of carbonyl (C=O) groups is 16. The van der Waals surface area contributed by atoms with Crippen LogP contribution in [0.25, 0.3) is 0 Å². The van der Waals surface area contributed by atoms with Gasteiger partial charge in [0.2, 0.25) is 47.3 Å². The van der Waals surface area contributed by atoms with Crippen molar-refractivity contribution in [3.63, 3.8) is 0 Å². The van der Waals surface area contributed by atoms with Gasteiger partial charge in [0, 0.05) is 139 Å². The lowest BCUT2D eigenvalue weighted by Crippen LogP contribution is -2.52. The molecule has 0 radical (unpaired) electrons. The Balaban J connectivity index is 0.00000247. The van der Waals surface area contributed by atoms with Crippen molar-refractivity contribution in [2.45, 2.75) is 302 Å². The van der Waals surface area contributed by atoms with E-state index >= 15 is 0 Å². The smallest absolute Gasteiger partial charge is 0.303 e. The summed E-state index contributed by atoms with van der Waals surface area (Å²) in [6, 6.07) is -6.96. The first-order chi connectivity index (χ1) is 58.5. The zero-order valence-corrected chi connectivity index (χ0v) is 73.5. The van der Waals surface area contributed by atoms with Gasteiger partial charge in [0.15, 0.2) is 46.8 Å². The fraction of sp³-hybridized carbons (Fsp3) is 0.735. The van der Waals surface area contributed by atoms with Crippen LogP contribution in [0.5, 0.6) is 0 Å². The summed E-state index contributed by atoms with van der Waals surface area (Å²) < 4.78 is 0. The second-order valence-corrected chi connectivity index (χ2v) is 32.3. The number of aliphatic hydroxyl groups is 4. The van der Waals surface area contributed by atoms with Gasteiger partial charge in [-0.2, -0.15) is 0 Å². The van der Waals surface area contributed by atoms with Gasteiger partial charge in [-0.3, -0.25) is 91.7 Å². The van der Waals surface area contributed by atoms with Gasteiger partial charge < -0.3 is 113 Å². The third kappa shape index (κ3) is 52.3. The van der Waals surface area contributed by atoms with Crippen LogP contribution in [-0.2, 0) is 83.1 Å². The first kappa shape index (κ1) is 114. The minimum Gasteiger partial charge on any atom is -0.481 e. The number of amides is 8. The molecule has 0 fully saturated rings. The molecule has 1 rings (SSSR count). The van der Waals surface area contributed by atoms with Crippen molar-refractivity contribution in [3.8, 4) is 0 Å². The highest BCUT2D eigenvalue weighted by Crippen LogP contribution is 2.25. The maximum absolute atomic E-state index is 13.8. The highest BCUT2D eigenvalue weighted by Gasteiger charge is 2.39. The Bertz CT molecular complexity index is 3570. The van der Waals surface area contributed by atoms with Gasteiger partial charge in [0.1, 0.15) is 23.9 Å². The molecule has 14 atom stereocenters. The Morgan fingerprint density at radius 2 is 0.806 bits per heavy atom. The highest BCUT2D eigenvalue weighted by molar-refractivity contribution is 5.99. The molecule has 1 aromatic heterocycles. The normalized spacial score (nSPS) is 14.5. The van der Waals surface area contributed by atoms with Crippen molar-refractivity contribution in [1.29, 1.82) is 0 Å². The van der Waals surface area contributed by atoms with E-state index < -0.39 is 193 Å². The molecule has 0 aliphatic carbocycles. The summed E-state index contributed by atoms with van der Waals surface area (Å²) in [7, 11) is 1.47. The molecule has 1 aromatic rings. The van der Waals surface area contributed by atoms with Crippen LogP contribution in [0.1, 0.15) is 259 Å². The van der Waals surface area contributed by atoms with Crippen LogP contribution >= 0.6 is 0 Å². The number of carboxylic acids is 2. The number of carbonyl (C=O) groups excluding carboxylic acids is 14. The van der Waals surface area contributed by atoms with E-state index in [0.29, 0.717) is 37.8 Å². The van der Waals surface area contributed by atoms with Gasteiger partial charge in [0.05, 0.1) is 55.7 Å². The summed E-state index contributed by atoms with van der Waals surface area (Å²) in [5.41, 5.74) is 43.7. The average molecular weight is 1760 g/mol. The number of aliphatic hydroxyl groups excluding tert-OH is 4. The number of aliphatic imine (C=N–C) groups is 3. The molecule has 0 saturated heterocycles. The standard InChI is InChI=1S/C42H74N8O7.C41H71N11O15/c1-5-6-7-8-9-10-11-12-13-14-15-16-17-20-38(53)49-35(24-30(2)3)37(52)26-31(21-22-39(54)55)41(57)50-34(19-18-23-47-42(43)44)36(51)27-32(40(56)45-4)25-33-28-46-29-48-33;1-20(6-4-12-48-40(44)45)28(57)15-25(8-10-32(42)61)38(66)51-35(22(3)56)31(60)16-24(7-5-13-49-41(46)47)37(65)50-27(19-54)29(58)17-26(18-53)39(67)52-34(21(2)55)30(59)14-23(36(43)64)9-11-33(62)63/h28-32,34-35H,5-27H2,1-4H3,(H,45,56)(H,46,48)(H,49,53)(H,50,57)(H,54,55)(H4,43,44,47);20-27,34-35,53-56H,4-19H2,1-3H3,(H2,42,61)(H2,43,64)(H,50,65)(H,51,66)(H,52,67)(H,62,63)(H4,44,45,48)(H4,46,47,49)/t31-,32-,34+,35+;20-,21+,22+,23+,24+,25+,26-,27-,34-,35-/m10/s1. The second kappa shape index (κ2) is 65.2. The number of rotatable bonds is 72. The van der Waals surface area contributed by atoms with Crippen LogP contribution in [0, 0.1) is 47.3 Å². The van der Waals surface area contributed by atoms with Crippen molar-refractivity contribution in [1.82, 2.24) is 41.9 Å². The number of ketones is 6. The Labute approximate surface area is 726 Å². The molecule has 0 aliphatic rings. The molecule has 1 heterocycles. The minimum atomic E-state index is -1.73. The number of hydrogen-bond acceptors (Lipinski definition) is 24. The zero-order valence-electron chi connectivity index (χ0n) is 73.5. The number of aromatic amines is 1. The Kier molecular flexibility index (Phi) is 59.8. The Morgan fingerprint density at radius 1 is 0.411 bits per heavy atom. The van der Waals surface area contributed by atoms with Gasteiger partial charge in [-0.15, -0.1) is 0 Å². The number of aromatic nitrogens is 2. The number of hydrogen-bond donors (Lipinski definition) is 21. The summed E-state index contributed by atoms with van der Waals surface area (Å²) in [5.74, 6) is -20.4. The number of guanidine groups is 3. The van der Waals surface area contributed by atoms with Crippen LogP contribution in [0.15, 0.2) is 27.5 Å². The molecule has 124 heavy (non-hydrogen) atoms. The molecular weight excluding hydrogens is 1620 g/mol. The van der Waals surface area contributed by atoms with E-state index in [0.717, 1.165) is 32.6 Å². The maximum Gasteiger partial charge on any atom is 0.303 e. The summed E-state index contributed by atoms with van der Waals surface area (Å²) in [5, 5.41) is 74.7. The molecule has 41 heteroatoms. The first-order valence-electron chi connectivity index (χ1n) is 43.1. The summed E-state index contributed by atoms with van der Waals surface area (Å²) in [6.07, 6.45) is 12.7. The Hall–Kier alpha value is -10.4. The van der Waals surface area contributed by atoms with E-state index in [-0.39, 0.29) is 144 Å². The van der Waals surface area contributed by atoms with Gasteiger partial charge in [0.25, 0.3) is 0 Å². The third-order valence-electron chi connectivity index (χ3n) is 21.0. The summed E-state index contributed by atoms with van der Waals surface area (Å²) >= 11 is 0. The predicted molar refractivity (Wildman–Crippen MR) is 462 cm³/mol. The van der Waals surface area contributed by atoms with E-state index in [4.69, 9.17) is 51.0 Å². The Morgan fingerprint density at radius 3 is 1.24 bits per heavy atom. The molecule has 0 spiro atoms. The molecule has 0 aromatic carbocycles. The topological polar surface area (TPSA) is 741 Å². The second-order valence-electron chi connectivity index (χ2n) is 32.3. The minimum absolute atomic E-state index is 0.0176. The number of Topliss-reactive ketones (excluding diaryl/α,β-unsaturated/α-hetero) is 6. The van der Waals surface area contributed by atoms with E-state index in [1.807, 2.05) is 13.8 Å².